The topological polar surface area (TPSA) is 57.3 Å². The zero-order valence-electron chi connectivity index (χ0n) is 31.4. The van der Waals surface area contributed by atoms with Gasteiger partial charge in [-0.25, -0.2) is 0 Å². The molecule has 0 saturated carbocycles. The number of nitrogens with zero attached hydrogens (tertiary/aromatic N) is 3. The molecule has 3 aromatic carbocycles. The van der Waals surface area contributed by atoms with Gasteiger partial charge >= 0.3 is 0 Å². The number of likely N-dealkylation sites (tertiary alicyclic amines) is 2. The van der Waals surface area contributed by atoms with Crippen molar-refractivity contribution in [3.8, 4) is 11.5 Å². The summed E-state index contributed by atoms with van der Waals surface area (Å²) < 4.78 is 10.7. The molecule has 2 aliphatic rings. The smallest absolute Gasteiger partial charge is 0.254 e. The summed E-state index contributed by atoms with van der Waals surface area (Å²) in [5.74, 6) is 1.21. The molecular weight excluding hydrogens is 620 g/mol. The SMILES string of the molecule is C/C(=C\c1ccccc1)CNCCC1CCCN1C.COc1ccc(C(=O)N(CCC2CCCN2C)C/C(C)=C/c2ccccc2)cc1OC. The monoisotopic (exact) mass is 680 g/mol. The van der Waals surface area contributed by atoms with Crippen molar-refractivity contribution in [2.24, 2.45) is 0 Å². The highest BCUT2D eigenvalue weighted by Gasteiger charge is 2.24. The lowest BCUT2D eigenvalue weighted by Gasteiger charge is -2.27. The van der Waals surface area contributed by atoms with Crippen molar-refractivity contribution < 1.29 is 14.3 Å². The quantitative estimate of drug-likeness (QED) is 0.165. The van der Waals surface area contributed by atoms with E-state index in [2.05, 4.69) is 97.7 Å². The molecule has 2 saturated heterocycles. The Balaban J connectivity index is 0.000000252. The Morgan fingerprint density at radius 2 is 1.34 bits per heavy atom. The minimum atomic E-state index is 0.0161. The zero-order valence-corrected chi connectivity index (χ0v) is 31.4. The molecule has 0 radical (unpaired) electrons. The molecule has 1 N–H and O–H groups in total. The van der Waals surface area contributed by atoms with Crippen molar-refractivity contribution in [3.63, 3.8) is 0 Å². The van der Waals surface area contributed by atoms with Crippen molar-refractivity contribution in [3.05, 3.63) is 107 Å². The number of benzene rings is 3. The summed E-state index contributed by atoms with van der Waals surface area (Å²) >= 11 is 0. The van der Waals surface area contributed by atoms with Gasteiger partial charge in [0.05, 0.1) is 14.2 Å². The van der Waals surface area contributed by atoms with Crippen molar-refractivity contribution >= 4 is 18.1 Å². The molecule has 2 heterocycles. The number of amides is 1. The van der Waals surface area contributed by atoms with Gasteiger partial charge in [-0.1, -0.05) is 84.0 Å². The van der Waals surface area contributed by atoms with Crippen LogP contribution in [-0.2, 0) is 0 Å². The Morgan fingerprint density at radius 3 is 1.88 bits per heavy atom. The molecule has 2 fully saturated rings. The number of ether oxygens (including phenoxy) is 2. The van der Waals surface area contributed by atoms with Gasteiger partial charge in [0.25, 0.3) is 5.91 Å². The number of carbonyl (C=O) groups is 1. The van der Waals surface area contributed by atoms with Gasteiger partial charge in [-0.3, -0.25) is 4.79 Å². The summed E-state index contributed by atoms with van der Waals surface area (Å²) in [6, 6.07) is 27.5. The first-order valence-corrected chi connectivity index (χ1v) is 18.3. The lowest BCUT2D eigenvalue weighted by molar-refractivity contribution is 0.0757. The second-order valence-corrected chi connectivity index (χ2v) is 13.9. The Bertz CT molecular complexity index is 1510. The van der Waals surface area contributed by atoms with E-state index in [4.69, 9.17) is 9.47 Å². The van der Waals surface area contributed by atoms with E-state index in [0.29, 0.717) is 29.6 Å². The van der Waals surface area contributed by atoms with Gasteiger partial charge in [-0.05, 0) is 115 Å². The van der Waals surface area contributed by atoms with Gasteiger partial charge in [0.1, 0.15) is 0 Å². The number of nitrogens with one attached hydrogen (secondary N) is 1. The summed E-state index contributed by atoms with van der Waals surface area (Å²) in [6.45, 7) is 10.1. The van der Waals surface area contributed by atoms with Crippen LogP contribution in [0.5, 0.6) is 11.5 Å². The molecule has 2 aliphatic heterocycles. The zero-order chi connectivity index (χ0) is 35.7. The second-order valence-electron chi connectivity index (χ2n) is 13.9. The first kappa shape index (κ1) is 38.9. The standard InChI is InChI=1S/C26H34N2O3.C17H26N2/c1-20(17-21-9-6-5-7-10-21)19-28(16-14-23-11-8-15-27(23)2)26(29)22-12-13-24(30-3)25(18-22)31-4;1-15(13-16-7-4-3-5-8-16)14-18-11-10-17-9-6-12-19(17)2/h5-7,9-10,12-13,17-18,23H,8,11,14-16,19H2,1-4H3;3-5,7-8,13,17-18H,6,9-12,14H2,1-2H3/b20-17+;15-13+. The number of hydrogen-bond donors (Lipinski definition) is 1. The van der Waals surface area contributed by atoms with Crippen LogP contribution in [0.2, 0.25) is 0 Å². The van der Waals surface area contributed by atoms with Crippen molar-refractivity contribution in [2.75, 3.05) is 67.6 Å². The van der Waals surface area contributed by atoms with Crippen LogP contribution < -0.4 is 14.8 Å². The van der Waals surface area contributed by atoms with E-state index in [9.17, 15) is 4.79 Å². The van der Waals surface area contributed by atoms with E-state index in [0.717, 1.165) is 49.8 Å². The molecule has 0 bridgehead atoms. The Hall–Kier alpha value is -3.91. The van der Waals surface area contributed by atoms with Crippen LogP contribution in [0.4, 0.5) is 0 Å². The summed E-state index contributed by atoms with van der Waals surface area (Å²) in [7, 11) is 7.62. The molecular formula is C43H60N4O3. The largest absolute Gasteiger partial charge is 0.493 e. The fourth-order valence-electron chi connectivity index (χ4n) is 7.02. The van der Waals surface area contributed by atoms with Crippen LogP contribution in [0, 0.1) is 0 Å². The molecule has 2 unspecified atom stereocenters. The molecule has 7 heteroatoms. The minimum absolute atomic E-state index is 0.0161. The van der Waals surface area contributed by atoms with E-state index >= 15 is 0 Å². The predicted molar refractivity (Wildman–Crippen MR) is 209 cm³/mol. The Kier molecular flexibility index (Phi) is 16.1. The van der Waals surface area contributed by atoms with Gasteiger partial charge in [0.15, 0.2) is 11.5 Å². The fraction of sp³-hybridized carbons (Fsp3) is 0.465. The van der Waals surface area contributed by atoms with Crippen LogP contribution in [0.1, 0.15) is 73.9 Å². The number of carbonyl (C=O) groups excluding carboxylic acids is 1. The molecule has 3 aromatic rings. The minimum Gasteiger partial charge on any atom is -0.493 e. The lowest BCUT2D eigenvalue weighted by atomic mass is 10.1. The van der Waals surface area contributed by atoms with Gasteiger partial charge in [-0.15, -0.1) is 0 Å². The molecule has 2 atom stereocenters. The third-order valence-corrected chi connectivity index (χ3v) is 9.92. The molecule has 7 nitrogen and oxygen atoms in total. The maximum atomic E-state index is 13.5. The fourth-order valence-corrected chi connectivity index (χ4v) is 7.02. The molecule has 0 spiro atoms. The second kappa shape index (κ2) is 20.7. The molecule has 50 heavy (non-hydrogen) atoms. The van der Waals surface area contributed by atoms with Crippen LogP contribution in [0.25, 0.3) is 12.2 Å². The van der Waals surface area contributed by atoms with Crippen LogP contribution in [0.15, 0.2) is 90.0 Å². The average molecular weight is 681 g/mol. The van der Waals surface area contributed by atoms with E-state index in [1.807, 2.05) is 29.2 Å². The lowest BCUT2D eigenvalue weighted by Crippen LogP contribution is -2.37. The maximum Gasteiger partial charge on any atom is 0.254 e. The van der Waals surface area contributed by atoms with Crippen LogP contribution >= 0.6 is 0 Å². The highest BCUT2D eigenvalue weighted by atomic mass is 16.5. The summed E-state index contributed by atoms with van der Waals surface area (Å²) in [5.41, 5.74) is 5.60. The molecule has 5 rings (SSSR count). The maximum absolute atomic E-state index is 13.5. The highest BCUT2D eigenvalue weighted by Crippen LogP contribution is 2.28. The van der Waals surface area contributed by atoms with E-state index in [1.165, 1.54) is 49.8 Å². The third-order valence-electron chi connectivity index (χ3n) is 9.92. The molecule has 0 aromatic heterocycles. The van der Waals surface area contributed by atoms with Gasteiger partial charge in [0, 0.05) is 37.3 Å². The Labute approximate surface area is 302 Å². The third kappa shape index (κ3) is 12.4. The normalized spacial score (nSPS) is 18.4. The predicted octanol–water partition coefficient (Wildman–Crippen LogP) is 7.90. The van der Waals surface area contributed by atoms with Crippen molar-refractivity contribution in [2.45, 2.75) is 64.5 Å². The van der Waals surface area contributed by atoms with Gasteiger partial charge < -0.3 is 29.5 Å². The molecule has 270 valence electrons. The average Bonchev–Trinajstić information content (AvgIpc) is 3.75. The number of hydrogen-bond acceptors (Lipinski definition) is 6. The van der Waals surface area contributed by atoms with Crippen LogP contribution in [0.3, 0.4) is 0 Å². The Morgan fingerprint density at radius 1 is 0.780 bits per heavy atom. The molecule has 0 aliphatic carbocycles. The summed E-state index contributed by atoms with van der Waals surface area (Å²) in [5, 5.41) is 3.56. The van der Waals surface area contributed by atoms with Crippen molar-refractivity contribution in [1.82, 2.24) is 20.0 Å². The van der Waals surface area contributed by atoms with E-state index < -0.39 is 0 Å². The van der Waals surface area contributed by atoms with Crippen LogP contribution in [-0.4, -0.2) is 100 Å². The van der Waals surface area contributed by atoms with E-state index in [-0.39, 0.29) is 5.91 Å². The first-order chi connectivity index (χ1) is 24.3. The number of rotatable bonds is 15. The van der Waals surface area contributed by atoms with Gasteiger partial charge in [0.2, 0.25) is 0 Å². The molecule has 1 amide bonds. The van der Waals surface area contributed by atoms with E-state index in [1.54, 1.807) is 26.4 Å². The van der Waals surface area contributed by atoms with Crippen molar-refractivity contribution in [1.29, 1.82) is 0 Å². The summed E-state index contributed by atoms with van der Waals surface area (Å²) in [6.07, 6.45) is 11.8. The highest BCUT2D eigenvalue weighted by molar-refractivity contribution is 5.95. The van der Waals surface area contributed by atoms with Gasteiger partial charge in [-0.2, -0.15) is 0 Å². The summed E-state index contributed by atoms with van der Waals surface area (Å²) in [4.78, 5) is 20.3. The number of methoxy groups -OCH3 is 2. The first-order valence-electron chi connectivity index (χ1n) is 18.3.